The molecule has 0 radical (unpaired) electrons. The fourth-order valence-electron chi connectivity index (χ4n) is 1.56. The van der Waals surface area contributed by atoms with Gasteiger partial charge >= 0.3 is 0 Å². The number of hydrogen-bond donors (Lipinski definition) is 2. The van der Waals surface area contributed by atoms with Crippen molar-refractivity contribution in [3.8, 4) is 0 Å². The van der Waals surface area contributed by atoms with Gasteiger partial charge in [-0.3, -0.25) is 10.1 Å². The lowest BCUT2D eigenvalue weighted by Crippen LogP contribution is -2.19. The van der Waals surface area contributed by atoms with E-state index in [1.165, 1.54) is 36.4 Å². The van der Waals surface area contributed by atoms with Crippen LogP contribution >= 0.6 is 23.8 Å². The zero-order valence-corrected chi connectivity index (χ0v) is 12.0. The monoisotopic (exact) mass is 325 g/mol. The van der Waals surface area contributed by atoms with Crippen LogP contribution in [0.3, 0.4) is 0 Å². The van der Waals surface area contributed by atoms with Crippen LogP contribution in [0.4, 0.5) is 21.5 Å². The minimum absolute atomic E-state index is 0.0295. The number of thiocarbonyl (C=S) groups is 1. The quantitative estimate of drug-likeness (QED) is 0.503. The molecule has 2 aromatic rings. The first kappa shape index (κ1) is 15.1. The number of nitrogens with zero attached hydrogens (tertiary/aromatic N) is 1. The highest BCUT2D eigenvalue weighted by atomic mass is 35.5. The minimum Gasteiger partial charge on any atom is -0.332 e. The summed E-state index contributed by atoms with van der Waals surface area (Å²) in [5.74, 6) is -0.528. The summed E-state index contributed by atoms with van der Waals surface area (Å²) in [5.41, 5.74) is 0.923. The highest BCUT2D eigenvalue weighted by molar-refractivity contribution is 7.80. The number of benzene rings is 2. The van der Waals surface area contributed by atoms with Crippen LogP contribution in [-0.2, 0) is 0 Å². The average Bonchev–Trinajstić information content (AvgIpc) is 2.43. The standard InChI is InChI=1S/C13H9ClFN3O2S/c14-11-7-9(4-5-12(11)15)17-13(21)16-8-2-1-3-10(6-8)18(19)20/h1-7H,(H2,16,17,21). The van der Waals surface area contributed by atoms with Crippen LogP contribution in [0.5, 0.6) is 0 Å². The van der Waals surface area contributed by atoms with E-state index in [0.717, 1.165) is 0 Å². The second-order valence-corrected chi connectivity index (χ2v) is 4.83. The van der Waals surface area contributed by atoms with Crippen molar-refractivity contribution >= 4 is 46.0 Å². The lowest BCUT2D eigenvalue weighted by Gasteiger charge is -2.10. The van der Waals surface area contributed by atoms with Crippen LogP contribution in [0.1, 0.15) is 0 Å². The van der Waals surface area contributed by atoms with E-state index in [-0.39, 0.29) is 15.8 Å². The lowest BCUT2D eigenvalue weighted by atomic mass is 10.3. The number of hydrogen-bond acceptors (Lipinski definition) is 3. The molecule has 0 spiro atoms. The van der Waals surface area contributed by atoms with Gasteiger partial charge in [-0.05, 0) is 36.5 Å². The van der Waals surface area contributed by atoms with Gasteiger partial charge in [0.05, 0.1) is 9.95 Å². The molecule has 2 rings (SSSR count). The molecule has 0 aromatic heterocycles. The van der Waals surface area contributed by atoms with Gasteiger partial charge in [0.25, 0.3) is 5.69 Å². The molecule has 0 heterocycles. The number of rotatable bonds is 3. The maximum Gasteiger partial charge on any atom is 0.271 e. The van der Waals surface area contributed by atoms with E-state index in [1.807, 2.05) is 0 Å². The summed E-state index contributed by atoms with van der Waals surface area (Å²) in [5, 5.41) is 16.5. The van der Waals surface area contributed by atoms with Gasteiger partial charge in [-0.25, -0.2) is 4.39 Å². The van der Waals surface area contributed by atoms with Gasteiger partial charge in [0, 0.05) is 23.5 Å². The summed E-state index contributed by atoms with van der Waals surface area (Å²) in [6, 6.07) is 9.98. The highest BCUT2D eigenvalue weighted by Crippen LogP contribution is 2.20. The number of nitro groups is 1. The van der Waals surface area contributed by atoms with E-state index in [2.05, 4.69) is 10.6 Å². The molecule has 108 valence electrons. The first-order valence-corrected chi connectivity index (χ1v) is 6.52. The Morgan fingerprint density at radius 3 is 2.48 bits per heavy atom. The van der Waals surface area contributed by atoms with Crippen LogP contribution in [0.2, 0.25) is 5.02 Å². The lowest BCUT2D eigenvalue weighted by molar-refractivity contribution is -0.384. The van der Waals surface area contributed by atoms with Gasteiger partial charge in [0.2, 0.25) is 0 Å². The largest absolute Gasteiger partial charge is 0.332 e. The predicted molar refractivity (Wildman–Crippen MR) is 84.3 cm³/mol. The summed E-state index contributed by atoms with van der Waals surface area (Å²) in [4.78, 5) is 10.2. The molecule has 2 N–H and O–H groups in total. The topological polar surface area (TPSA) is 67.2 Å². The van der Waals surface area contributed by atoms with Crippen molar-refractivity contribution < 1.29 is 9.31 Å². The average molecular weight is 326 g/mol. The molecule has 0 atom stereocenters. The summed E-state index contributed by atoms with van der Waals surface area (Å²) < 4.78 is 13.0. The Labute approximate surface area is 129 Å². The third-order valence-corrected chi connectivity index (χ3v) is 2.99. The second-order valence-electron chi connectivity index (χ2n) is 4.02. The first-order valence-electron chi connectivity index (χ1n) is 5.73. The molecule has 5 nitrogen and oxygen atoms in total. The molecule has 2 aromatic carbocycles. The minimum atomic E-state index is -0.528. The molecule has 8 heteroatoms. The van der Waals surface area contributed by atoms with Crippen molar-refractivity contribution in [3.63, 3.8) is 0 Å². The first-order chi connectivity index (χ1) is 9.95. The van der Waals surface area contributed by atoms with Crippen LogP contribution in [0.25, 0.3) is 0 Å². The molecule has 0 aliphatic rings. The SMILES string of the molecule is O=[N+]([O-])c1cccc(NC(=S)Nc2ccc(F)c(Cl)c2)c1. The van der Waals surface area contributed by atoms with E-state index in [9.17, 15) is 14.5 Å². The Balaban J connectivity index is 2.06. The summed E-state index contributed by atoms with van der Waals surface area (Å²) in [6.45, 7) is 0. The van der Waals surface area contributed by atoms with Gasteiger partial charge in [-0.1, -0.05) is 17.7 Å². The molecule has 0 unspecified atom stereocenters. The number of nitro benzene ring substituents is 1. The molecule has 0 aliphatic heterocycles. The zero-order chi connectivity index (χ0) is 15.4. The maximum atomic E-state index is 13.0. The fourth-order valence-corrected chi connectivity index (χ4v) is 1.98. The third kappa shape index (κ3) is 4.11. The molecule has 0 saturated carbocycles. The van der Waals surface area contributed by atoms with Crippen molar-refractivity contribution in [2.75, 3.05) is 10.6 Å². The van der Waals surface area contributed by atoms with Crippen LogP contribution < -0.4 is 10.6 Å². The normalized spacial score (nSPS) is 10.0. The predicted octanol–water partition coefficient (Wildman–Crippen LogP) is 4.20. The van der Waals surface area contributed by atoms with E-state index in [4.69, 9.17) is 23.8 Å². The van der Waals surface area contributed by atoms with E-state index < -0.39 is 10.7 Å². The molecular formula is C13H9ClFN3O2S. The molecule has 0 amide bonds. The molecule has 0 saturated heterocycles. The van der Waals surface area contributed by atoms with Gasteiger partial charge in [0.15, 0.2) is 5.11 Å². The van der Waals surface area contributed by atoms with Crippen molar-refractivity contribution in [2.45, 2.75) is 0 Å². The van der Waals surface area contributed by atoms with Gasteiger partial charge in [-0.2, -0.15) is 0 Å². The van der Waals surface area contributed by atoms with Crippen LogP contribution in [0, 0.1) is 15.9 Å². The van der Waals surface area contributed by atoms with Crippen molar-refractivity contribution in [3.05, 3.63) is 63.4 Å². The number of halogens is 2. The Bertz CT molecular complexity index is 712. The van der Waals surface area contributed by atoms with Gasteiger partial charge in [0.1, 0.15) is 5.82 Å². The molecule has 0 bridgehead atoms. The third-order valence-electron chi connectivity index (χ3n) is 2.49. The molecule has 0 fully saturated rings. The van der Waals surface area contributed by atoms with Gasteiger partial charge < -0.3 is 10.6 Å². The smallest absolute Gasteiger partial charge is 0.271 e. The van der Waals surface area contributed by atoms with Gasteiger partial charge in [-0.15, -0.1) is 0 Å². The van der Waals surface area contributed by atoms with Crippen molar-refractivity contribution in [1.29, 1.82) is 0 Å². The molecule has 21 heavy (non-hydrogen) atoms. The number of nitrogens with one attached hydrogen (secondary N) is 2. The summed E-state index contributed by atoms with van der Waals surface area (Å²) >= 11 is 10.7. The summed E-state index contributed by atoms with van der Waals surface area (Å²) in [7, 11) is 0. The number of non-ortho nitro benzene ring substituents is 1. The zero-order valence-electron chi connectivity index (χ0n) is 10.5. The Kier molecular flexibility index (Phi) is 4.66. The highest BCUT2D eigenvalue weighted by Gasteiger charge is 2.07. The van der Waals surface area contributed by atoms with Crippen molar-refractivity contribution in [2.24, 2.45) is 0 Å². The second kappa shape index (κ2) is 6.47. The van der Waals surface area contributed by atoms with E-state index in [1.54, 1.807) is 6.07 Å². The Hall–Kier alpha value is -2.25. The van der Waals surface area contributed by atoms with E-state index in [0.29, 0.717) is 11.4 Å². The van der Waals surface area contributed by atoms with Crippen LogP contribution in [0.15, 0.2) is 42.5 Å². The Morgan fingerprint density at radius 2 is 1.86 bits per heavy atom. The fraction of sp³-hybridized carbons (Fsp3) is 0. The Morgan fingerprint density at radius 1 is 1.19 bits per heavy atom. The van der Waals surface area contributed by atoms with E-state index >= 15 is 0 Å². The molecular weight excluding hydrogens is 317 g/mol. The summed E-state index contributed by atoms with van der Waals surface area (Å²) in [6.07, 6.45) is 0. The molecule has 0 aliphatic carbocycles. The maximum absolute atomic E-state index is 13.0. The number of anilines is 2. The van der Waals surface area contributed by atoms with Crippen molar-refractivity contribution in [1.82, 2.24) is 0 Å². The van der Waals surface area contributed by atoms with Crippen LogP contribution in [-0.4, -0.2) is 10.0 Å².